The lowest BCUT2D eigenvalue weighted by Crippen LogP contribution is -2.27. The predicted octanol–water partition coefficient (Wildman–Crippen LogP) is 5.90. The zero-order valence-corrected chi connectivity index (χ0v) is 17.2. The van der Waals surface area contributed by atoms with Gasteiger partial charge in [-0.05, 0) is 39.0 Å². The molecule has 0 N–H and O–H groups in total. The third kappa shape index (κ3) is 3.57. The van der Waals surface area contributed by atoms with Crippen LogP contribution in [0, 0.1) is 0 Å². The van der Waals surface area contributed by atoms with Gasteiger partial charge < -0.3 is 9.15 Å². The number of carbonyl (C=O) groups is 1. The summed E-state index contributed by atoms with van der Waals surface area (Å²) < 4.78 is 13.3. The first kappa shape index (κ1) is 18.4. The second kappa shape index (κ2) is 6.91. The standard InChI is InChI=1S/C21H18BrN3O3/c1-21(2,3)28-20(26)25-17-10-15(22)8-9-16(17)24-19(25)14-6-4-13(5-7-14)18-11-23-12-27-18/h4-12H,1-3H3. The van der Waals surface area contributed by atoms with Crippen LogP contribution in [-0.4, -0.2) is 26.2 Å². The quantitative estimate of drug-likeness (QED) is 0.388. The van der Waals surface area contributed by atoms with Crippen LogP contribution in [0.25, 0.3) is 33.7 Å². The van der Waals surface area contributed by atoms with Crippen molar-refractivity contribution >= 4 is 33.1 Å². The van der Waals surface area contributed by atoms with Crippen LogP contribution in [0.5, 0.6) is 0 Å². The Labute approximate surface area is 170 Å². The Morgan fingerprint density at radius 3 is 2.46 bits per heavy atom. The predicted molar refractivity (Wildman–Crippen MR) is 110 cm³/mol. The molecule has 142 valence electrons. The van der Waals surface area contributed by atoms with E-state index in [1.54, 1.807) is 6.20 Å². The topological polar surface area (TPSA) is 70.2 Å². The van der Waals surface area contributed by atoms with Crippen LogP contribution in [0.2, 0.25) is 0 Å². The average Bonchev–Trinajstić information content (AvgIpc) is 3.28. The Balaban J connectivity index is 1.84. The number of benzene rings is 2. The molecule has 0 saturated heterocycles. The van der Waals surface area contributed by atoms with E-state index in [2.05, 4.69) is 25.9 Å². The third-order valence-corrected chi connectivity index (χ3v) is 4.55. The highest BCUT2D eigenvalue weighted by Crippen LogP contribution is 2.30. The maximum Gasteiger partial charge on any atom is 0.420 e. The van der Waals surface area contributed by atoms with Crippen molar-refractivity contribution in [3.8, 4) is 22.7 Å². The molecule has 4 aromatic rings. The molecule has 0 unspecified atom stereocenters. The minimum absolute atomic E-state index is 0.470. The SMILES string of the molecule is CC(C)(C)OC(=O)n1c(-c2ccc(-c3cnco3)cc2)nc2ccc(Br)cc21. The van der Waals surface area contributed by atoms with E-state index in [9.17, 15) is 4.79 Å². The Morgan fingerprint density at radius 2 is 1.82 bits per heavy atom. The molecule has 2 heterocycles. The minimum Gasteiger partial charge on any atom is -0.444 e. The van der Waals surface area contributed by atoms with E-state index < -0.39 is 11.7 Å². The van der Waals surface area contributed by atoms with E-state index >= 15 is 0 Å². The summed E-state index contributed by atoms with van der Waals surface area (Å²) in [5, 5.41) is 0. The summed E-state index contributed by atoms with van der Waals surface area (Å²) in [5.74, 6) is 1.20. The van der Waals surface area contributed by atoms with Crippen molar-refractivity contribution in [2.75, 3.05) is 0 Å². The fraction of sp³-hybridized carbons (Fsp3) is 0.190. The van der Waals surface area contributed by atoms with Crippen molar-refractivity contribution in [1.29, 1.82) is 0 Å². The van der Waals surface area contributed by atoms with Crippen molar-refractivity contribution in [3.63, 3.8) is 0 Å². The normalized spacial score (nSPS) is 11.7. The van der Waals surface area contributed by atoms with Gasteiger partial charge in [0.05, 0.1) is 17.2 Å². The highest BCUT2D eigenvalue weighted by molar-refractivity contribution is 9.10. The van der Waals surface area contributed by atoms with Crippen LogP contribution in [0.15, 0.2) is 63.9 Å². The number of rotatable bonds is 2. The number of ether oxygens (including phenoxy) is 1. The molecule has 28 heavy (non-hydrogen) atoms. The van der Waals surface area contributed by atoms with Crippen LogP contribution in [0.1, 0.15) is 20.8 Å². The number of imidazole rings is 1. The number of fused-ring (bicyclic) bond motifs is 1. The fourth-order valence-corrected chi connectivity index (χ4v) is 3.23. The van der Waals surface area contributed by atoms with Gasteiger partial charge in [-0.15, -0.1) is 0 Å². The van der Waals surface area contributed by atoms with E-state index in [1.165, 1.54) is 11.0 Å². The molecule has 0 aliphatic heterocycles. The molecule has 0 atom stereocenters. The second-order valence-electron chi connectivity index (χ2n) is 7.33. The summed E-state index contributed by atoms with van der Waals surface area (Å²) in [4.78, 5) is 21.6. The number of aromatic nitrogens is 3. The Bertz CT molecular complexity index is 1140. The van der Waals surface area contributed by atoms with Crippen molar-refractivity contribution in [1.82, 2.24) is 14.5 Å². The molecule has 0 aliphatic carbocycles. The number of hydrogen-bond donors (Lipinski definition) is 0. The zero-order chi connectivity index (χ0) is 19.9. The molecule has 0 fully saturated rings. The van der Waals surface area contributed by atoms with Gasteiger partial charge in [-0.3, -0.25) is 0 Å². The summed E-state index contributed by atoms with van der Waals surface area (Å²) in [7, 11) is 0. The highest BCUT2D eigenvalue weighted by Gasteiger charge is 2.24. The minimum atomic E-state index is -0.618. The largest absolute Gasteiger partial charge is 0.444 e. The first-order valence-electron chi connectivity index (χ1n) is 8.72. The van der Waals surface area contributed by atoms with Crippen LogP contribution in [-0.2, 0) is 4.74 Å². The van der Waals surface area contributed by atoms with Gasteiger partial charge in [-0.25, -0.2) is 19.3 Å². The van der Waals surface area contributed by atoms with Crippen molar-refractivity contribution < 1.29 is 13.9 Å². The number of nitrogens with zero attached hydrogens (tertiary/aromatic N) is 3. The summed E-state index contributed by atoms with van der Waals surface area (Å²) in [6.45, 7) is 5.52. The maximum atomic E-state index is 13.0. The molecule has 4 rings (SSSR count). The van der Waals surface area contributed by atoms with Gasteiger partial charge >= 0.3 is 6.09 Å². The summed E-state index contributed by atoms with van der Waals surface area (Å²) in [6, 6.07) is 13.2. The molecular formula is C21H18BrN3O3. The van der Waals surface area contributed by atoms with Crippen LogP contribution in [0.3, 0.4) is 0 Å². The van der Waals surface area contributed by atoms with Gasteiger partial charge in [0.2, 0.25) is 0 Å². The van der Waals surface area contributed by atoms with Crippen molar-refractivity contribution in [3.05, 3.63) is 59.5 Å². The molecule has 0 saturated carbocycles. The van der Waals surface area contributed by atoms with E-state index in [0.29, 0.717) is 22.6 Å². The summed E-state index contributed by atoms with van der Waals surface area (Å²) in [5.41, 5.74) is 2.46. The Morgan fingerprint density at radius 1 is 1.11 bits per heavy atom. The van der Waals surface area contributed by atoms with Gasteiger partial charge in [0.25, 0.3) is 0 Å². The zero-order valence-electron chi connectivity index (χ0n) is 15.6. The first-order valence-corrected chi connectivity index (χ1v) is 9.52. The number of oxazole rings is 1. The lowest BCUT2D eigenvalue weighted by Gasteiger charge is -2.20. The summed E-state index contributed by atoms with van der Waals surface area (Å²) >= 11 is 3.46. The lowest BCUT2D eigenvalue weighted by molar-refractivity contribution is 0.0546. The third-order valence-electron chi connectivity index (χ3n) is 4.05. The molecule has 0 aliphatic rings. The Hall–Kier alpha value is -2.93. The van der Waals surface area contributed by atoms with Gasteiger partial charge in [0.1, 0.15) is 5.60 Å². The number of carbonyl (C=O) groups excluding carboxylic acids is 1. The molecular weight excluding hydrogens is 422 g/mol. The summed E-state index contributed by atoms with van der Waals surface area (Å²) in [6.07, 6.45) is 2.58. The van der Waals surface area contributed by atoms with Gasteiger partial charge in [0, 0.05) is 15.6 Å². The van der Waals surface area contributed by atoms with Crippen molar-refractivity contribution in [2.45, 2.75) is 26.4 Å². The van der Waals surface area contributed by atoms with E-state index in [-0.39, 0.29) is 0 Å². The average molecular weight is 440 g/mol. The Kier molecular flexibility index (Phi) is 4.55. The maximum absolute atomic E-state index is 13.0. The monoisotopic (exact) mass is 439 g/mol. The van der Waals surface area contributed by atoms with Gasteiger partial charge in [-0.1, -0.05) is 40.2 Å². The highest BCUT2D eigenvalue weighted by atomic mass is 79.9. The van der Waals surface area contributed by atoms with Crippen LogP contribution in [0.4, 0.5) is 4.79 Å². The number of halogens is 1. The second-order valence-corrected chi connectivity index (χ2v) is 8.24. The smallest absolute Gasteiger partial charge is 0.420 e. The molecule has 7 heteroatoms. The van der Waals surface area contributed by atoms with Crippen LogP contribution < -0.4 is 0 Å². The van der Waals surface area contributed by atoms with Gasteiger partial charge in [0.15, 0.2) is 18.0 Å². The van der Waals surface area contributed by atoms with E-state index in [0.717, 1.165) is 15.6 Å². The lowest BCUT2D eigenvalue weighted by atomic mass is 10.1. The molecule has 2 aromatic heterocycles. The van der Waals surface area contributed by atoms with E-state index in [4.69, 9.17) is 9.15 Å². The first-order chi connectivity index (χ1) is 13.3. The molecule has 6 nitrogen and oxygen atoms in total. The van der Waals surface area contributed by atoms with E-state index in [1.807, 2.05) is 63.2 Å². The molecule has 0 amide bonds. The molecule has 0 bridgehead atoms. The van der Waals surface area contributed by atoms with Crippen molar-refractivity contribution in [2.24, 2.45) is 0 Å². The molecule has 0 spiro atoms. The molecule has 0 radical (unpaired) electrons. The fourth-order valence-electron chi connectivity index (χ4n) is 2.88. The molecule has 2 aromatic carbocycles. The van der Waals surface area contributed by atoms with Crippen LogP contribution >= 0.6 is 15.9 Å². The number of hydrogen-bond acceptors (Lipinski definition) is 5. The van der Waals surface area contributed by atoms with Gasteiger partial charge in [-0.2, -0.15) is 0 Å².